The van der Waals surface area contributed by atoms with Gasteiger partial charge in [0.2, 0.25) is 5.88 Å². The number of rotatable bonds is 8. The number of aromatic nitrogens is 1. The predicted molar refractivity (Wildman–Crippen MR) is 77.7 cm³/mol. The molecule has 1 rings (SSSR count). The number of ether oxygens (including phenoxy) is 2. The van der Waals surface area contributed by atoms with Gasteiger partial charge in [-0.05, 0) is 32.4 Å². The van der Waals surface area contributed by atoms with Crippen molar-refractivity contribution in [2.75, 3.05) is 19.8 Å². The van der Waals surface area contributed by atoms with Crippen LogP contribution in [0.1, 0.15) is 37.6 Å². The van der Waals surface area contributed by atoms with Gasteiger partial charge in [0.25, 0.3) is 0 Å². The largest absolute Gasteiger partial charge is 0.475 e. The van der Waals surface area contributed by atoms with E-state index in [9.17, 15) is 0 Å². The van der Waals surface area contributed by atoms with Crippen molar-refractivity contribution in [3.05, 3.63) is 22.9 Å². The van der Waals surface area contributed by atoms with Crippen LogP contribution in [0.2, 0.25) is 0 Å². The predicted octanol–water partition coefficient (Wildman–Crippen LogP) is 2.61. The SMILES string of the molecule is CCOCCOc1nc(C)cc(C)c1CNC(C)C. The first-order chi connectivity index (χ1) is 9.04. The van der Waals surface area contributed by atoms with Gasteiger partial charge in [-0.1, -0.05) is 13.8 Å². The lowest BCUT2D eigenvalue weighted by Gasteiger charge is -2.16. The molecule has 0 radical (unpaired) electrons. The zero-order valence-electron chi connectivity index (χ0n) is 12.7. The molecular weight excluding hydrogens is 240 g/mol. The van der Waals surface area contributed by atoms with E-state index in [1.165, 1.54) is 5.56 Å². The molecule has 0 bridgehead atoms. The molecule has 0 aliphatic carbocycles. The molecule has 0 aliphatic heterocycles. The van der Waals surface area contributed by atoms with Gasteiger partial charge in [0.05, 0.1) is 6.61 Å². The molecule has 0 saturated heterocycles. The summed E-state index contributed by atoms with van der Waals surface area (Å²) in [5.74, 6) is 0.727. The second-order valence-corrected chi connectivity index (χ2v) is 4.95. The van der Waals surface area contributed by atoms with E-state index in [-0.39, 0.29) is 0 Å². The topological polar surface area (TPSA) is 43.4 Å². The molecule has 0 atom stereocenters. The molecule has 0 saturated carbocycles. The van der Waals surface area contributed by atoms with Gasteiger partial charge < -0.3 is 14.8 Å². The molecule has 0 fully saturated rings. The Morgan fingerprint density at radius 3 is 2.63 bits per heavy atom. The Labute approximate surface area is 116 Å². The van der Waals surface area contributed by atoms with E-state index in [1.807, 2.05) is 13.8 Å². The fourth-order valence-corrected chi connectivity index (χ4v) is 1.81. The minimum Gasteiger partial charge on any atom is -0.475 e. The molecule has 1 aromatic rings. The Morgan fingerprint density at radius 1 is 1.26 bits per heavy atom. The minimum atomic E-state index is 0.442. The van der Waals surface area contributed by atoms with Crippen molar-refractivity contribution >= 4 is 0 Å². The average molecular weight is 266 g/mol. The van der Waals surface area contributed by atoms with Gasteiger partial charge in [0.15, 0.2) is 0 Å². The monoisotopic (exact) mass is 266 g/mol. The third-order valence-electron chi connectivity index (χ3n) is 2.80. The van der Waals surface area contributed by atoms with Gasteiger partial charge in [-0.25, -0.2) is 4.98 Å². The lowest BCUT2D eigenvalue weighted by molar-refractivity contribution is 0.108. The fraction of sp³-hybridized carbons (Fsp3) is 0.667. The summed E-state index contributed by atoms with van der Waals surface area (Å²) in [5.41, 5.74) is 3.33. The zero-order chi connectivity index (χ0) is 14.3. The van der Waals surface area contributed by atoms with Crippen LogP contribution in [0, 0.1) is 13.8 Å². The summed E-state index contributed by atoms with van der Waals surface area (Å²) in [4.78, 5) is 4.49. The highest BCUT2D eigenvalue weighted by Gasteiger charge is 2.10. The Morgan fingerprint density at radius 2 is 2.00 bits per heavy atom. The first-order valence-electron chi connectivity index (χ1n) is 6.95. The highest BCUT2D eigenvalue weighted by atomic mass is 16.5. The molecule has 1 aromatic heterocycles. The normalized spacial score (nSPS) is 11.1. The molecule has 0 amide bonds. The number of hydrogen-bond acceptors (Lipinski definition) is 4. The van der Waals surface area contributed by atoms with Crippen molar-refractivity contribution in [3.63, 3.8) is 0 Å². The highest BCUT2D eigenvalue weighted by molar-refractivity contribution is 5.35. The van der Waals surface area contributed by atoms with E-state index in [2.05, 4.69) is 37.1 Å². The van der Waals surface area contributed by atoms with Gasteiger partial charge >= 0.3 is 0 Å². The van der Waals surface area contributed by atoms with Crippen LogP contribution in [-0.2, 0) is 11.3 Å². The number of nitrogens with one attached hydrogen (secondary N) is 1. The number of aryl methyl sites for hydroxylation is 2. The van der Waals surface area contributed by atoms with Crippen molar-refractivity contribution in [1.82, 2.24) is 10.3 Å². The molecule has 4 nitrogen and oxygen atoms in total. The first kappa shape index (κ1) is 15.9. The summed E-state index contributed by atoms with van der Waals surface area (Å²) in [6, 6.07) is 2.53. The lowest BCUT2D eigenvalue weighted by Crippen LogP contribution is -2.23. The molecule has 1 heterocycles. The third-order valence-corrected chi connectivity index (χ3v) is 2.80. The maximum Gasteiger partial charge on any atom is 0.218 e. The smallest absolute Gasteiger partial charge is 0.218 e. The van der Waals surface area contributed by atoms with Gasteiger partial charge in [0.1, 0.15) is 6.61 Å². The van der Waals surface area contributed by atoms with Crippen molar-refractivity contribution in [2.45, 2.75) is 47.2 Å². The molecule has 0 aromatic carbocycles. The summed E-state index contributed by atoms with van der Waals surface area (Å²) in [5, 5.41) is 3.41. The maximum absolute atomic E-state index is 5.76. The summed E-state index contributed by atoms with van der Waals surface area (Å²) in [7, 11) is 0. The molecule has 1 N–H and O–H groups in total. The number of nitrogens with zero attached hydrogens (tertiary/aromatic N) is 1. The standard InChI is InChI=1S/C15H26N2O2/c1-6-18-7-8-19-15-14(10-16-11(2)3)12(4)9-13(5)17-15/h9,11,16H,6-8,10H2,1-5H3. The molecule has 108 valence electrons. The third kappa shape index (κ3) is 5.57. The number of pyridine rings is 1. The van der Waals surface area contributed by atoms with E-state index < -0.39 is 0 Å². The van der Waals surface area contributed by atoms with Gasteiger partial charge in [-0.2, -0.15) is 0 Å². The van der Waals surface area contributed by atoms with E-state index in [0.717, 1.165) is 23.7 Å². The Hall–Kier alpha value is -1.13. The van der Waals surface area contributed by atoms with E-state index >= 15 is 0 Å². The van der Waals surface area contributed by atoms with E-state index in [1.54, 1.807) is 0 Å². The van der Waals surface area contributed by atoms with Gasteiger partial charge in [-0.3, -0.25) is 0 Å². The van der Waals surface area contributed by atoms with Crippen LogP contribution in [0.25, 0.3) is 0 Å². The van der Waals surface area contributed by atoms with Crippen LogP contribution >= 0.6 is 0 Å². The second kappa shape index (κ2) is 8.12. The Kier molecular flexibility index (Phi) is 6.81. The molecule has 4 heteroatoms. The highest BCUT2D eigenvalue weighted by Crippen LogP contribution is 2.21. The van der Waals surface area contributed by atoms with Crippen molar-refractivity contribution < 1.29 is 9.47 Å². The summed E-state index contributed by atoms with van der Waals surface area (Å²) >= 11 is 0. The van der Waals surface area contributed by atoms with Crippen LogP contribution in [0.5, 0.6) is 5.88 Å². The number of hydrogen-bond donors (Lipinski definition) is 1. The van der Waals surface area contributed by atoms with E-state index in [4.69, 9.17) is 9.47 Å². The molecule has 0 unspecified atom stereocenters. The van der Waals surface area contributed by atoms with Crippen LogP contribution in [0.15, 0.2) is 6.07 Å². The Bertz CT molecular complexity index is 392. The quantitative estimate of drug-likeness (QED) is 0.735. The molecule has 0 aliphatic rings. The van der Waals surface area contributed by atoms with Crippen LogP contribution in [0.4, 0.5) is 0 Å². The lowest BCUT2D eigenvalue weighted by atomic mass is 10.1. The van der Waals surface area contributed by atoms with E-state index in [0.29, 0.717) is 25.9 Å². The summed E-state index contributed by atoms with van der Waals surface area (Å²) in [6.07, 6.45) is 0. The van der Waals surface area contributed by atoms with Crippen molar-refractivity contribution in [2.24, 2.45) is 0 Å². The van der Waals surface area contributed by atoms with Crippen molar-refractivity contribution in [1.29, 1.82) is 0 Å². The Balaban J connectivity index is 2.74. The van der Waals surface area contributed by atoms with Crippen LogP contribution in [-0.4, -0.2) is 30.8 Å². The van der Waals surface area contributed by atoms with Crippen molar-refractivity contribution in [3.8, 4) is 5.88 Å². The van der Waals surface area contributed by atoms with Gasteiger partial charge in [-0.15, -0.1) is 0 Å². The average Bonchev–Trinajstić information content (AvgIpc) is 2.33. The molecule has 0 spiro atoms. The molecule has 19 heavy (non-hydrogen) atoms. The fourth-order valence-electron chi connectivity index (χ4n) is 1.81. The minimum absolute atomic E-state index is 0.442. The summed E-state index contributed by atoms with van der Waals surface area (Å²) < 4.78 is 11.0. The first-order valence-corrected chi connectivity index (χ1v) is 6.95. The second-order valence-electron chi connectivity index (χ2n) is 4.95. The van der Waals surface area contributed by atoms with Crippen LogP contribution in [0.3, 0.4) is 0 Å². The summed E-state index contributed by atoms with van der Waals surface area (Å²) in [6.45, 7) is 13.0. The van der Waals surface area contributed by atoms with Gasteiger partial charge in [0, 0.05) is 30.5 Å². The maximum atomic E-state index is 5.76. The van der Waals surface area contributed by atoms with Crippen LogP contribution < -0.4 is 10.1 Å². The molecular formula is C15H26N2O2. The zero-order valence-corrected chi connectivity index (χ0v) is 12.7.